The number of para-hydroxylation sites is 1. The topological polar surface area (TPSA) is 84.3 Å². The van der Waals surface area contributed by atoms with Crippen molar-refractivity contribution in [2.45, 2.75) is 38.8 Å². The number of piperidine rings is 1. The second-order valence-corrected chi connectivity index (χ2v) is 8.65. The molecular weight excluding hydrogens is 418 g/mol. The lowest BCUT2D eigenvalue weighted by atomic mass is 10.0. The van der Waals surface area contributed by atoms with Gasteiger partial charge in [0.05, 0.1) is 0 Å². The summed E-state index contributed by atoms with van der Waals surface area (Å²) in [5.41, 5.74) is 4.27. The van der Waals surface area contributed by atoms with Gasteiger partial charge in [-0.3, -0.25) is 9.80 Å². The first-order valence-electron chi connectivity index (χ1n) is 11.8. The molecule has 0 amide bonds. The van der Waals surface area contributed by atoms with Crippen molar-refractivity contribution in [1.29, 1.82) is 0 Å². The molecule has 0 spiro atoms. The Morgan fingerprint density at radius 2 is 1.33 bits per heavy atom. The molecule has 0 bridgehead atoms. The van der Waals surface area contributed by atoms with Gasteiger partial charge in [-0.25, -0.2) is 9.59 Å². The van der Waals surface area contributed by atoms with Gasteiger partial charge in [0.15, 0.2) is 0 Å². The number of hydrogen-bond acceptors (Lipinski definition) is 5. The van der Waals surface area contributed by atoms with Crippen molar-refractivity contribution in [3.8, 4) is 0 Å². The number of carboxylic acid groups (broad SMARTS) is 2. The van der Waals surface area contributed by atoms with Gasteiger partial charge in [0.2, 0.25) is 0 Å². The summed E-state index contributed by atoms with van der Waals surface area (Å²) in [6.07, 6.45) is 3.76. The van der Waals surface area contributed by atoms with Crippen LogP contribution in [0.1, 0.15) is 30.9 Å². The minimum atomic E-state index is -1.82. The Hall–Kier alpha value is -2.90. The highest BCUT2D eigenvalue weighted by atomic mass is 16.4. The van der Waals surface area contributed by atoms with Gasteiger partial charge in [0.1, 0.15) is 0 Å². The van der Waals surface area contributed by atoms with Crippen LogP contribution < -0.4 is 4.90 Å². The Labute approximate surface area is 196 Å². The van der Waals surface area contributed by atoms with Crippen LogP contribution in [0.2, 0.25) is 0 Å². The largest absolute Gasteiger partial charge is 0.473 e. The predicted molar refractivity (Wildman–Crippen MR) is 130 cm³/mol. The fraction of sp³-hybridized carbons (Fsp3) is 0.462. The molecule has 2 N–H and O–H groups in total. The predicted octanol–water partition coefficient (Wildman–Crippen LogP) is 3.19. The maximum Gasteiger partial charge on any atom is 0.414 e. The third-order valence-electron chi connectivity index (χ3n) is 6.53. The van der Waals surface area contributed by atoms with E-state index < -0.39 is 11.9 Å². The highest BCUT2D eigenvalue weighted by Gasteiger charge is 2.27. The lowest BCUT2D eigenvalue weighted by Gasteiger charge is -2.43. The van der Waals surface area contributed by atoms with Crippen LogP contribution in [0.5, 0.6) is 0 Å². The Morgan fingerprint density at radius 1 is 0.788 bits per heavy atom. The number of hydrogen-bond donors (Lipinski definition) is 2. The quantitative estimate of drug-likeness (QED) is 0.673. The maximum absolute atomic E-state index is 9.10. The van der Waals surface area contributed by atoms with E-state index in [1.165, 1.54) is 55.8 Å². The summed E-state index contributed by atoms with van der Waals surface area (Å²) in [6, 6.07) is 20.8. The number of aryl methyl sites for hydroxylation is 1. The molecule has 2 aliphatic heterocycles. The van der Waals surface area contributed by atoms with Crippen molar-refractivity contribution < 1.29 is 19.8 Å². The molecule has 2 heterocycles. The molecule has 7 heteroatoms. The highest BCUT2D eigenvalue weighted by Crippen LogP contribution is 2.22. The van der Waals surface area contributed by atoms with Crippen molar-refractivity contribution >= 4 is 17.6 Å². The van der Waals surface area contributed by atoms with Crippen molar-refractivity contribution in [3.05, 3.63) is 65.7 Å². The van der Waals surface area contributed by atoms with Crippen LogP contribution in [0.25, 0.3) is 0 Å². The van der Waals surface area contributed by atoms with Crippen molar-refractivity contribution in [3.63, 3.8) is 0 Å². The van der Waals surface area contributed by atoms with E-state index in [2.05, 4.69) is 76.2 Å². The minimum absolute atomic E-state index is 0.779. The zero-order chi connectivity index (χ0) is 23.6. The molecule has 2 saturated heterocycles. The fourth-order valence-corrected chi connectivity index (χ4v) is 4.57. The number of aliphatic carboxylic acids is 2. The zero-order valence-electron chi connectivity index (χ0n) is 19.4. The summed E-state index contributed by atoms with van der Waals surface area (Å²) in [5.74, 6) is -3.65. The number of likely N-dealkylation sites (tertiary alicyclic amines) is 1. The van der Waals surface area contributed by atoms with E-state index in [4.69, 9.17) is 19.8 Å². The molecule has 0 atom stereocenters. The third kappa shape index (κ3) is 7.58. The number of carbonyl (C=O) groups is 2. The van der Waals surface area contributed by atoms with Crippen LogP contribution in [0.4, 0.5) is 5.69 Å². The Kier molecular flexibility index (Phi) is 9.27. The van der Waals surface area contributed by atoms with Gasteiger partial charge in [-0.2, -0.15) is 0 Å². The van der Waals surface area contributed by atoms with Gasteiger partial charge in [-0.05, 0) is 55.6 Å². The van der Waals surface area contributed by atoms with Gasteiger partial charge in [-0.1, -0.05) is 49.4 Å². The molecule has 0 unspecified atom stereocenters. The third-order valence-corrected chi connectivity index (χ3v) is 6.53. The summed E-state index contributed by atoms with van der Waals surface area (Å²) in [7, 11) is 0. The number of piperazine rings is 1. The number of carboxylic acids is 2. The summed E-state index contributed by atoms with van der Waals surface area (Å²) < 4.78 is 0. The SMILES string of the molecule is CCc1ccc(CN2CCC(N3CCN(c4ccccc4)CC3)CC2)cc1.O=C(O)C(=O)O. The summed E-state index contributed by atoms with van der Waals surface area (Å²) >= 11 is 0. The molecule has 2 aromatic rings. The van der Waals surface area contributed by atoms with Gasteiger partial charge in [0, 0.05) is 44.5 Å². The van der Waals surface area contributed by atoms with Crippen LogP contribution in [0, 0.1) is 0 Å². The Bertz CT molecular complexity index is 860. The van der Waals surface area contributed by atoms with Gasteiger partial charge < -0.3 is 15.1 Å². The van der Waals surface area contributed by atoms with Crippen LogP contribution in [0.15, 0.2) is 54.6 Å². The monoisotopic (exact) mass is 453 g/mol. The second-order valence-electron chi connectivity index (χ2n) is 8.65. The lowest BCUT2D eigenvalue weighted by Crippen LogP contribution is -2.53. The molecule has 7 nitrogen and oxygen atoms in total. The lowest BCUT2D eigenvalue weighted by molar-refractivity contribution is -0.159. The van der Waals surface area contributed by atoms with Crippen LogP contribution in [0.3, 0.4) is 0 Å². The summed E-state index contributed by atoms with van der Waals surface area (Å²) in [5, 5.41) is 14.8. The average molecular weight is 454 g/mol. The van der Waals surface area contributed by atoms with Gasteiger partial charge >= 0.3 is 11.9 Å². The van der Waals surface area contributed by atoms with Crippen LogP contribution in [-0.2, 0) is 22.6 Å². The minimum Gasteiger partial charge on any atom is -0.473 e. The normalized spacial score (nSPS) is 17.8. The number of nitrogens with zero attached hydrogens (tertiary/aromatic N) is 3. The molecule has 2 aromatic carbocycles. The summed E-state index contributed by atoms with van der Waals surface area (Å²) in [6.45, 7) is 10.5. The molecule has 0 saturated carbocycles. The average Bonchev–Trinajstić information content (AvgIpc) is 2.86. The van der Waals surface area contributed by atoms with E-state index >= 15 is 0 Å². The number of anilines is 1. The molecular formula is C26H35N3O4. The highest BCUT2D eigenvalue weighted by molar-refractivity contribution is 6.27. The zero-order valence-corrected chi connectivity index (χ0v) is 19.4. The van der Waals surface area contributed by atoms with Crippen molar-refractivity contribution in [2.75, 3.05) is 44.2 Å². The molecule has 0 radical (unpaired) electrons. The Balaban J connectivity index is 0.000000454. The second kappa shape index (κ2) is 12.4. The van der Waals surface area contributed by atoms with E-state index in [1.807, 2.05) is 0 Å². The molecule has 178 valence electrons. The van der Waals surface area contributed by atoms with E-state index in [9.17, 15) is 0 Å². The van der Waals surface area contributed by atoms with E-state index in [1.54, 1.807) is 0 Å². The molecule has 2 fully saturated rings. The van der Waals surface area contributed by atoms with Crippen LogP contribution >= 0.6 is 0 Å². The van der Waals surface area contributed by atoms with Crippen molar-refractivity contribution in [1.82, 2.24) is 9.80 Å². The van der Waals surface area contributed by atoms with E-state index in [0.717, 1.165) is 32.1 Å². The first-order valence-corrected chi connectivity index (χ1v) is 11.8. The smallest absolute Gasteiger partial charge is 0.414 e. The van der Waals surface area contributed by atoms with Gasteiger partial charge in [0.25, 0.3) is 0 Å². The van der Waals surface area contributed by atoms with Gasteiger partial charge in [-0.15, -0.1) is 0 Å². The van der Waals surface area contributed by atoms with E-state index in [-0.39, 0.29) is 0 Å². The first-order chi connectivity index (χ1) is 16.0. The standard InChI is InChI=1S/C24H33N3.C2H2O4/c1-2-21-8-10-22(11-9-21)20-25-14-12-24(13-15-25)27-18-16-26(17-19-27)23-6-4-3-5-7-23;3-1(4)2(5)6/h3-11,24H,2,12-20H2,1H3;(H,3,4)(H,5,6). The van der Waals surface area contributed by atoms with Crippen LogP contribution in [-0.4, -0.2) is 77.3 Å². The number of benzene rings is 2. The molecule has 33 heavy (non-hydrogen) atoms. The Morgan fingerprint density at radius 3 is 1.85 bits per heavy atom. The maximum atomic E-state index is 9.10. The molecule has 4 rings (SSSR count). The van der Waals surface area contributed by atoms with Crippen molar-refractivity contribution in [2.24, 2.45) is 0 Å². The first kappa shape index (κ1) is 24.7. The molecule has 0 aromatic heterocycles. The molecule has 2 aliphatic rings. The fourth-order valence-electron chi connectivity index (χ4n) is 4.57. The van der Waals surface area contributed by atoms with E-state index in [0.29, 0.717) is 0 Å². The molecule has 0 aliphatic carbocycles. The number of rotatable bonds is 5. The summed E-state index contributed by atoms with van der Waals surface area (Å²) in [4.78, 5) is 26.1.